The summed E-state index contributed by atoms with van der Waals surface area (Å²) in [5.41, 5.74) is 1.52. The lowest BCUT2D eigenvalue weighted by Crippen LogP contribution is -2.16. The third-order valence-corrected chi connectivity index (χ3v) is 7.47. The molecule has 0 bridgehead atoms. The van der Waals surface area contributed by atoms with Gasteiger partial charge in [-0.05, 0) is 35.0 Å². The maximum Gasteiger partial charge on any atom is 0.271 e. The van der Waals surface area contributed by atoms with Crippen LogP contribution in [0, 0.1) is 0 Å². The minimum absolute atomic E-state index is 0.108. The summed E-state index contributed by atoms with van der Waals surface area (Å²) in [4.78, 5) is 16.7. The SMILES string of the molecule is O=C(CCc1nc(-c2ccsc2)no1)Nc1ccccc1NS(=O)(=O)c1cccs1. The molecule has 0 fully saturated rings. The van der Waals surface area contributed by atoms with Crippen LogP contribution < -0.4 is 10.0 Å². The van der Waals surface area contributed by atoms with Crippen molar-refractivity contribution in [2.45, 2.75) is 17.1 Å². The van der Waals surface area contributed by atoms with Crippen LogP contribution in [0.15, 0.2) is 67.3 Å². The van der Waals surface area contributed by atoms with Gasteiger partial charge >= 0.3 is 0 Å². The van der Waals surface area contributed by atoms with Gasteiger partial charge in [0.2, 0.25) is 17.6 Å². The van der Waals surface area contributed by atoms with Crippen molar-refractivity contribution in [2.75, 3.05) is 10.0 Å². The zero-order valence-corrected chi connectivity index (χ0v) is 17.9. The zero-order valence-electron chi connectivity index (χ0n) is 15.4. The van der Waals surface area contributed by atoms with Crippen LogP contribution >= 0.6 is 22.7 Å². The topological polar surface area (TPSA) is 114 Å². The first-order valence-corrected chi connectivity index (χ1v) is 12.1. The molecule has 0 atom stereocenters. The monoisotopic (exact) mass is 460 g/mol. The lowest BCUT2D eigenvalue weighted by molar-refractivity contribution is -0.116. The van der Waals surface area contributed by atoms with Gasteiger partial charge in [-0.15, -0.1) is 11.3 Å². The average Bonchev–Trinajstić information content (AvgIpc) is 3.49. The highest BCUT2D eigenvalue weighted by Crippen LogP contribution is 2.26. The van der Waals surface area contributed by atoms with Crippen LogP contribution in [0.4, 0.5) is 11.4 Å². The molecular formula is C19H16N4O4S3. The summed E-state index contributed by atoms with van der Waals surface area (Å²) in [6, 6.07) is 11.7. The number of carbonyl (C=O) groups excluding carboxylic acids is 1. The third kappa shape index (κ3) is 4.75. The minimum atomic E-state index is -3.72. The van der Waals surface area contributed by atoms with Gasteiger partial charge in [0.25, 0.3) is 10.0 Å². The smallest absolute Gasteiger partial charge is 0.271 e. The van der Waals surface area contributed by atoms with Crippen molar-refractivity contribution in [2.24, 2.45) is 0 Å². The number of amides is 1. The molecule has 4 rings (SSSR count). The Kier molecular flexibility index (Phi) is 5.93. The predicted molar refractivity (Wildman–Crippen MR) is 116 cm³/mol. The number of anilines is 2. The Balaban J connectivity index is 1.39. The molecule has 11 heteroatoms. The molecule has 1 amide bonds. The second kappa shape index (κ2) is 8.78. The molecule has 8 nitrogen and oxygen atoms in total. The molecule has 0 saturated heterocycles. The average molecular weight is 461 g/mol. The van der Waals surface area contributed by atoms with E-state index in [2.05, 4.69) is 20.2 Å². The highest BCUT2D eigenvalue weighted by atomic mass is 32.2. The third-order valence-electron chi connectivity index (χ3n) is 4.02. The number of nitrogens with zero attached hydrogens (tertiary/aromatic N) is 2. The molecular weight excluding hydrogens is 444 g/mol. The van der Waals surface area contributed by atoms with Crippen molar-refractivity contribution < 1.29 is 17.7 Å². The summed E-state index contributed by atoms with van der Waals surface area (Å²) in [6.45, 7) is 0. The maximum atomic E-state index is 12.5. The Hall–Kier alpha value is -3.02. The Morgan fingerprint density at radius 1 is 1.07 bits per heavy atom. The fraction of sp³-hybridized carbons (Fsp3) is 0.105. The van der Waals surface area contributed by atoms with E-state index in [9.17, 15) is 13.2 Å². The number of hydrogen-bond donors (Lipinski definition) is 2. The van der Waals surface area contributed by atoms with Gasteiger partial charge in [-0.2, -0.15) is 16.3 Å². The van der Waals surface area contributed by atoms with E-state index in [4.69, 9.17) is 4.52 Å². The molecule has 154 valence electrons. The molecule has 2 N–H and O–H groups in total. The van der Waals surface area contributed by atoms with E-state index in [1.165, 1.54) is 17.4 Å². The molecule has 0 aliphatic carbocycles. The van der Waals surface area contributed by atoms with Crippen LogP contribution in [-0.2, 0) is 21.2 Å². The molecule has 0 saturated carbocycles. The Labute approximate surface area is 180 Å². The normalized spacial score (nSPS) is 11.3. The first kappa shape index (κ1) is 20.3. The highest BCUT2D eigenvalue weighted by molar-refractivity contribution is 7.94. The number of hydrogen-bond acceptors (Lipinski definition) is 8. The van der Waals surface area contributed by atoms with Crippen molar-refractivity contribution in [3.8, 4) is 11.4 Å². The van der Waals surface area contributed by atoms with E-state index < -0.39 is 10.0 Å². The first-order valence-electron chi connectivity index (χ1n) is 8.81. The molecule has 4 aromatic rings. The number of nitrogens with one attached hydrogen (secondary N) is 2. The lowest BCUT2D eigenvalue weighted by Gasteiger charge is -2.12. The number of sulfonamides is 1. The molecule has 1 aromatic carbocycles. The van der Waals surface area contributed by atoms with E-state index in [1.54, 1.807) is 35.7 Å². The van der Waals surface area contributed by atoms with Crippen LogP contribution in [0.2, 0.25) is 0 Å². The number of aryl methyl sites for hydroxylation is 1. The van der Waals surface area contributed by atoms with Crippen LogP contribution in [0.25, 0.3) is 11.4 Å². The van der Waals surface area contributed by atoms with Gasteiger partial charge in [0.15, 0.2) is 0 Å². The van der Waals surface area contributed by atoms with Crippen molar-refractivity contribution in [1.82, 2.24) is 10.1 Å². The first-order chi connectivity index (χ1) is 14.5. The second-order valence-corrected chi connectivity index (χ2v) is 9.79. The van der Waals surface area contributed by atoms with Crippen molar-refractivity contribution in [3.63, 3.8) is 0 Å². The van der Waals surface area contributed by atoms with E-state index >= 15 is 0 Å². The Morgan fingerprint density at radius 2 is 1.90 bits per heavy atom. The van der Waals surface area contributed by atoms with Crippen molar-refractivity contribution >= 4 is 50.0 Å². The van der Waals surface area contributed by atoms with Gasteiger partial charge in [0.05, 0.1) is 11.4 Å². The van der Waals surface area contributed by atoms with Crippen molar-refractivity contribution in [3.05, 3.63) is 64.5 Å². The molecule has 3 aromatic heterocycles. The van der Waals surface area contributed by atoms with Gasteiger partial charge in [0, 0.05) is 23.8 Å². The number of carbonyl (C=O) groups is 1. The zero-order chi connectivity index (χ0) is 21.0. The molecule has 3 heterocycles. The predicted octanol–water partition coefficient (Wildman–Crippen LogP) is 4.23. The number of benzene rings is 1. The van der Waals surface area contributed by atoms with Crippen LogP contribution in [0.3, 0.4) is 0 Å². The fourth-order valence-electron chi connectivity index (χ4n) is 2.59. The highest BCUT2D eigenvalue weighted by Gasteiger charge is 2.18. The van der Waals surface area contributed by atoms with E-state index in [0.717, 1.165) is 16.9 Å². The largest absolute Gasteiger partial charge is 0.339 e. The quantitative estimate of drug-likeness (QED) is 0.407. The molecule has 0 aliphatic heterocycles. The summed E-state index contributed by atoms with van der Waals surface area (Å²) >= 11 is 2.65. The fourth-order valence-corrected chi connectivity index (χ4v) is 5.30. The van der Waals surface area contributed by atoms with Crippen molar-refractivity contribution in [1.29, 1.82) is 0 Å². The molecule has 0 radical (unpaired) electrons. The van der Waals surface area contributed by atoms with Gasteiger partial charge in [-0.25, -0.2) is 8.42 Å². The standard InChI is InChI=1S/C19H16N4O4S3/c24-16(7-8-17-21-19(22-27-17)13-9-11-28-12-13)20-14-4-1-2-5-15(14)23-30(25,26)18-6-3-10-29-18/h1-6,9-12,23H,7-8H2,(H,20,24). The van der Waals surface area contributed by atoms with Gasteiger partial charge < -0.3 is 9.84 Å². The molecule has 0 spiro atoms. The molecule has 30 heavy (non-hydrogen) atoms. The van der Waals surface area contributed by atoms with Crippen LogP contribution in [0.5, 0.6) is 0 Å². The van der Waals surface area contributed by atoms with Crippen LogP contribution in [0.1, 0.15) is 12.3 Å². The van der Waals surface area contributed by atoms with Crippen LogP contribution in [-0.4, -0.2) is 24.5 Å². The summed E-state index contributed by atoms with van der Waals surface area (Å²) in [7, 11) is -3.72. The van der Waals surface area contributed by atoms with E-state index in [-0.39, 0.29) is 28.6 Å². The second-order valence-electron chi connectivity index (χ2n) is 6.16. The summed E-state index contributed by atoms with van der Waals surface area (Å²) in [5.74, 6) is 0.547. The Bertz CT molecular complexity index is 1230. The maximum absolute atomic E-state index is 12.5. The summed E-state index contributed by atoms with van der Waals surface area (Å²) < 4.78 is 32.8. The molecule has 0 unspecified atom stereocenters. The van der Waals surface area contributed by atoms with Gasteiger partial charge in [-0.1, -0.05) is 23.4 Å². The molecule has 0 aliphatic rings. The van der Waals surface area contributed by atoms with E-state index in [0.29, 0.717) is 17.4 Å². The minimum Gasteiger partial charge on any atom is -0.339 e. The van der Waals surface area contributed by atoms with Gasteiger partial charge in [-0.3, -0.25) is 9.52 Å². The van der Waals surface area contributed by atoms with Gasteiger partial charge in [0.1, 0.15) is 4.21 Å². The van der Waals surface area contributed by atoms with E-state index in [1.807, 2.05) is 16.8 Å². The lowest BCUT2D eigenvalue weighted by atomic mass is 10.2. The number of thiophene rings is 2. The number of aromatic nitrogens is 2. The summed E-state index contributed by atoms with van der Waals surface area (Å²) in [6.07, 6.45) is 0.378. The summed E-state index contributed by atoms with van der Waals surface area (Å²) in [5, 5.41) is 12.2. The Morgan fingerprint density at radius 3 is 2.63 bits per heavy atom. The number of para-hydroxylation sites is 2. The number of rotatable bonds is 8.